The van der Waals surface area contributed by atoms with Gasteiger partial charge in [-0.1, -0.05) is 18.6 Å². The maximum absolute atomic E-state index is 13.2. The van der Waals surface area contributed by atoms with E-state index in [0.29, 0.717) is 30.2 Å². The summed E-state index contributed by atoms with van der Waals surface area (Å²) in [6, 6.07) is 11.8. The summed E-state index contributed by atoms with van der Waals surface area (Å²) in [5.74, 6) is 0.138. The van der Waals surface area contributed by atoms with Crippen LogP contribution in [-0.2, 0) is 10.0 Å². The molecule has 0 bridgehead atoms. The van der Waals surface area contributed by atoms with Gasteiger partial charge in [0.25, 0.3) is 5.91 Å². The molecule has 1 fully saturated rings. The standard InChI is InChI=1S/C21H27N3O4S/c1-23(2)17-13-16(21(25)22-19-9-5-6-10-20(19)28-3)14-18(15-17)29(26,27)24-11-7-4-8-12-24/h5-6,9-10,13-15H,4,7-8,11-12H2,1-3H3,(H,22,25). The second-order valence-corrected chi connectivity index (χ2v) is 9.17. The van der Waals surface area contributed by atoms with Gasteiger partial charge < -0.3 is 15.0 Å². The average Bonchev–Trinajstić information content (AvgIpc) is 2.74. The number of sulfonamides is 1. The number of rotatable bonds is 6. The maximum atomic E-state index is 13.2. The molecule has 1 saturated heterocycles. The Balaban J connectivity index is 1.97. The van der Waals surface area contributed by atoms with Gasteiger partial charge in [-0.3, -0.25) is 4.79 Å². The Morgan fingerprint density at radius 2 is 1.76 bits per heavy atom. The third-order valence-electron chi connectivity index (χ3n) is 4.98. The molecule has 1 aliphatic rings. The number of ether oxygens (including phenoxy) is 1. The van der Waals surface area contributed by atoms with E-state index in [1.54, 1.807) is 35.2 Å². The van der Waals surface area contributed by atoms with E-state index in [2.05, 4.69) is 5.32 Å². The predicted molar refractivity (Wildman–Crippen MR) is 114 cm³/mol. The number of anilines is 2. The summed E-state index contributed by atoms with van der Waals surface area (Å²) >= 11 is 0. The molecule has 1 aliphatic heterocycles. The van der Waals surface area contributed by atoms with Crippen molar-refractivity contribution in [3.05, 3.63) is 48.0 Å². The minimum absolute atomic E-state index is 0.135. The van der Waals surface area contributed by atoms with Crippen LogP contribution in [0.3, 0.4) is 0 Å². The second kappa shape index (κ2) is 8.84. The number of carbonyl (C=O) groups is 1. The number of methoxy groups -OCH3 is 1. The van der Waals surface area contributed by atoms with Gasteiger partial charge in [-0.15, -0.1) is 0 Å². The van der Waals surface area contributed by atoms with Gasteiger partial charge in [0.05, 0.1) is 17.7 Å². The molecule has 1 N–H and O–H groups in total. The summed E-state index contributed by atoms with van der Waals surface area (Å²) in [5, 5.41) is 2.81. The van der Waals surface area contributed by atoms with Crippen LogP contribution in [0.2, 0.25) is 0 Å². The molecular weight excluding hydrogens is 390 g/mol. The summed E-state index contributed by atoms with van der Waals surface area (Å²) in [5.41, 5.74) is 1.45. The summed E-state index contributed by atoms with van der Waals surface area (Å²) in [4.78, 5) is 14.8. The van der Waals surface area contributed by atoms with E-state index >= 15 is 0 Å². The molecule has 2 aromatic rings. The van der Waals surface area contributed by atoms with Crippen LogP contribution < -0.4 is 15.0 Å². The molecule has 8 heteroatoms. The minimum Gasteiger partial charge on any atom is -0.495 e. The van der Waals surface area contributed by atoms with Crippen molar-refractivity contribution in [1.29, 1.82) is 0 Å². The van der Waals surface area contributed by atoms with E-state index in [9.17, 15) is 13.2 Å². The van der Waals surface area contributed by atoms with E-state index in [1.165, 1.54) is 17.5 Å². The van der Waals surface area contributed by atoms with Crippen molar-refractivity contribution in [2.45, 2.75) is 24.2 Å². The van der Waals surface area contributed by atoms with E-state index in [1.807, 2.05) is 20.2 Å². The molecule has 0 unspecified atom stereocenters. The number of hydrogen-bond donors (Lipinski definition) is 1. The van der Waals surface area contributed by atoms with Crippen molar-refractivity contribution in [3.63, 3.8) is 0 Å². The Morgan fingerprint density at radius 3 is 2.41 bits per heavy atom. The number of nitrogens with one attached hydrogen (secondary N) is 1. The average molecular weight is 418 g/mol. The maximum Gasteiger partial charge on any atom is 0.255 e. The van der Waals surface area contributed by atoms with Gasteiger partial charge in [0.1, 0.15) is 5.75 Å². The summed E-state index contributed by atoms with van der Waals surface area (Å²) in [6.45, 7) is 1.02. The van der Waals surface area contributed by atoms with E-state index < -0.39 is 15.9 Å². The first-order valence-corrected chi connectivity index (χ1v) is 11.0. The molecule has 156 valence electrons. The molecule has 1 amide bonds. The molecule has 0 atom stereocenters. The molecule has 0 aliphatic carbocycles. The van der Waals surface area contributed by atoms with Crippen molar-refractivity contribution in [2.75, 3.05) is 44.5 Å². The van der Waals surface area contributed by atoms with Crippen molar-refractivity contribution in [3.8, 4) is 5.75 Å². The Kier molecular flexibility index (Phi) is 6.44. The van der Waals surface area contributed by atoms with Gasteiger partial charge in [-0.25, -0.2) is 8.42 Å². The highest BCUT2D eigenvalue weighted by Gasteiger charge is 2.27. The lowest BCUT2D eigenvalue weighted by Crippen LogP contribution is -2.35. The molecule has 0 aromatic heterocycles. The lowest BCUT2D eigenvalue weighted by Gasteiger charge is -2.26. The Bertz CT molecular complexity index is 983. The number of carbonyl (C=O) groups excluding carboxylic acids is 1. The first kappa shape index (κ1) is 21.1. The number of nitrogens with zero attached hydrogens (tertiary/aromatic N) is 2. The highest BCUT2D eigenvalue weighted by molar-refractivity contribution is 7.89. The Hall–Kier alpha value is -2.58. The van der Waals surface area contributed by atoms with E-state index in [4.69, 9.17) is 4.74 Å². The summed E-state index contributed by atoms with van der Waals surface area (Å²) in [7, 11) is 1.50. The highest BCUT2D eigenvalue weighted by atomic mass is 32.2. The van der Waals surface area contributed by atoms with Gasteiger partial charge in [0.2, 0.25) is 10.0 Å². The summed E-state index contributed by atoms with van der Waals surface area (Å²) in [6.07, 6.45) is 2.75. The largest absolute Gasteiger partial charge is 0.495 e. The zero-order valence-corrected chi connectivity index (χ0v) is 17.8. The van der Waals surface area contributed by atoms with Crippen LogP contribution in [0.25, 0.3) is 0 Å². The molecule has 0 saturated carbocycles. The SMILES string of the molecule is COc1ccccc1NC(=O)c1cc(N(C)C)cc(S(=O)(=O)N2CCCCC2)c1. The monoisotopic (exact) mass is 417 g/mol. The second-order valence-electron chi connectivity index (χ2n) is 7.23. The van der Waals surface area contributed by atoms with Crippen LogP contribution in [0.5, 0.6) is 5.75 Å². The summed E-state index contributed by atoms with van der Waals surface area (Å²) < 4.78 is 33.1. The van der Waals surface area contributed by atoms with Crippen molar-refractivity contribution in [1.82, 2.24) is 4.31 Å². The number of amides is 1. The zero-order chi connectivity index (χ0) is 21.0. The molecular formula is C21H27N3O4S. The minimum atomic E-state index is -3.66. The van der Waals surface area contributed by atoms with Crippen molar-refractivity contribution < 1.29 is 17.9 Å². The third-order valence-corrected chi connectivity index (χ3v) is 6.85. The lowest BCUT2D eigenvalue weighted by molar-refractivity contribution is 0.102. The number of para-hydroxylation sites is 2. The van der Waals surface area contributed by atoms with E-state index in [-0.39, 0.29) is 10.5 Å². The molecule has 3 rings (SSSR count). The van der Waals surface area contributed by atoms with Gasteiger partial charge in [-0.2, -0.15) is 4.31 Å². The number of hydrogen-bond acceptors (Lipinski definition) is 5. The van der Waals surface area contributed by atoms with Crippen LogP contribution in [0.4, 0.5) is 11.4 Å². The smallest absolute Gasteiger partial charge is 0.255 e. The Morgan fingerprint density at radius 1 is 1.07 bits per heavy atom. The van der Waals surface area contributed by atoms with Gasteiger partial charge >= 0.3 is 0 Å². The quantitative estimate of drug-likeness (QED) is 0.781. The molecule has 29 heavy (non-hydrogen) atoms. The highest BCUT2D eigenvalue weighted by Crippen LogP contribution is 2.28. The van der Waals surface area contributed by atoms with Crippen LogP contribution in [-0.4, -0.2) is 52.9 Å². The van der Waals surface area contributed by atoms with Crippen LogP contribution in [0, 0.1) is 0 Å². The van der Waals surface area contributed by atoms with Crippen molar-refractivity contribution in [2.24, 2.45) is 0 Å². The van der Waals surface area contributed by atoms with Crippen molar-refractivity contribution >= 4 is 27.3 Å². The molecule has 0 radical (unpaired) electrons. The predicted octanol–water partition coefficient (Wildman–Crippen LogP) is 3.19. The number of piperidine rings is 1. The first-order chi connectivity index (χ1) is 13.8. The zero-order valence-electron chi connectivity index (χ0n) is 17.0. The van der Waals surface area contributed by atoms with Gasteiger partial charge in [0.15, 0.2) is 0 Å². The molecule has 2 aromatic carbocycles. The Labute approximate surface area is 172 Å². The lowest BCUT2D eigenvalue weighted by atomic mass is 10.1. The fourth-order valence-corrected chi connectivity index (χ4v) is 4.90. The fourth-order valence-electron chi connectivity index (χ4n) is 3.32. The van der Waals surface area contributed by atoms with Crippen LogP contribution >= 0.6 is 0 Å². The first-order valence-electron chi connectivity index (χ1n) is 9.60. The fraction of sp³-hybridized carbons (Fsp3) is 0.381. The van der Waals surface area contributed by atoms with Gasteiger partial charge in [-0.05, 0) is 43.2 Å². The van der Waals surface area contributed by atoms with E-state index in [0.717, 1.165) is 19.3 Å². The van der Waals surface area contributed by atoms with Gasteiger partial charge in [0, 0.05) is 38.4 Å². The van der Waals surface area contributed by atoms with Crippen LogP contribution in [0.15, 0.2) is 47.4 Å². The topological polar surface area (TPSA) is 79.0 Å². The molecule has 1 heterocycles. The molecule has 7 nitrogen and oxygen atoms in total. The third kappa shape index (κ3) is 4.71. The molecule has 0 spiro atoms. The normalized spacial score (nSPS) is 15.0. The van der Waals surface area contributed by atoms with Crippen LogP contribution in [0.1, 0.15) is 29.6 Å². The number of benzene rings is 2.